The fraction of sp³-hybridized carbons (Fsp3) is 0.448. The van der Waals surface area contributed by atoms with Gasteiger partial charge in [0, 0.05) is 50.4 Å². The number of tetrazole rings is 1. The van der Waals surface area contributed by atoms with Gasteiger partial charge in [-0.2, -0.15) is 0 Å². The second-order valence-corrected chi connectivity index (χ2v) is 10.4. The summed E-state index contributed by atoms with van der Waals surface area (Å²) in [5, 5.41) is 13.9. The average molecular weight is 514 g/mol. The molecule has 0 aliphatic carbocycles. The lowest BCUT2D eigenvalue weighted by atomic mass is 10.0. The zero-order valence-corrected chi connectivity index (χ0v) is 21.9. The highest BCUT2D eigenvalue weighted by atomic mass is 16.5. The van der Waals surface area contributed by atoms with Gasteiger partial charge in [0.2, 0.25) is 0 Å². The van der Waals surface area contributed by atoms with Gasteiger partial charge in [0.1, 0.15) is 6.04 Å². The number of benzene rings is 2. The molecule has 4 aromatic rings. The molecule has 2 aliphatic heterocycles. The van der Waals surface area contributed by atoms with E-state index in [1.165, 1.54) is 11.1 Å². The van der Waals surface area contributed by atoms with Crippen LogP contribution in [0.4, 0.5) is 0 Å². The monoisotopic (exact) mass is 513 g/mol. The first-order valence-electron chi connectivity index (χ1n) is 13.7. The molecule has 2 aromatic carbocycles. The minimum atomic E-state index is -0.344. The molecule has 2 aromatic heterocycles. The van der Waals surface area contributed by atoms with E-state index in [9.17, 15) is 4.79 Å². The van der Waals surface area contributed by atoms with Crippen molar-refractivity contribution in [1.29, 1.82) is 0 Å². The third kappa shape index (κ3) is 5.27. The van der Waals surface area contributed by atoms with Crippen molar-refractivity contribution in [1.82, 2.24) is 35.0 Å². The van der Waals surface area contributed by atoms with E-state index in [2.05, 4.69) is 79.7 Å². The molecule has 4 heterocycles. The van der Waals surface area contributed by atoms with Crippen molar-refractivity contribution in [3.63, 3.8) is 0 Å². The van der Waals surface area contributed by atoms with Gasteiger partial charge >= 0.3 is 0 Å². The van der Waals surface area contributed by atoms with E-state index in [0.717, 1.165) is 69.5 Å². The van der Waals surface area contributed by atoms with E-state index in [-0.39, 0.29) is 17.7 Å². The van der Waals surface area contributed by atoms with Crippen LogP contribution in [0.2, 0.25) is 0 Å². The van der Waals surface area contributed by atoms with Crippen LogP contribution in [0.25, 0.3) is 10.9 Å². The Hall–Kier alpha value is -3.40. The Labute approximate surface area is 222 Å². The molecule has 38 heavy (non-hydrogen) atoms. The van der Waals surface area contributed by atoms with E-state index < -0.39 is 0 Å². The number of fused-ring (bicyclic) bond motifs is 1. The predicted octanol–water partition coefficient (Wildman–Crippen LogP) is 3.16. The van der Waals surface area contributed by atoms with E-state index in [0.29, 0.717) is 17.9 Å². The van der Waals surface area contributed by atoms with E-state index >= 15 is 0 Å². The van der Waals surface area contributed by atoms with Crippen molar-refractivity contribution < 1.29 is 4.74 Å². The third-order valence-corrected chi connectivity index (χ3v) is 7.87. The molecule has 2 fully saturated rings. The van der Waals surface area contributed by atoms with Crippen LogP contribution in [0.3, 0.4) is 0 Å². The summed E-state index contributed by atoms with van der Waals surface area (Å²) in [6, 6.07) is 18.5. The lowest BCUT2D eigenvalue weighted by Crippen LogP contribution is -2.48. The number of piperazine rings is 1. The van der Waals surface area contributed by atoms with Crippen LogP contribution in [0, 0.1) is 0 Å². The second kappa shape index (κ2) is 11.1. The lowest BCUT2D eigenvalue weighted by Gasteiger charge is -2.38. The summed E-state index contributed by atoms with van der Waals surface area (Å²) in [5.41, 5.74) is 4.00. The molecule has 2 saturated heterocycles. The van der Waals surface area contributed by atoms with Gasteiger partial charge in [0.05, 0.1) is 12.6 Å². The fourth-order valence-corrected chi connectivity index (χ4v) is 5.74. The number of hydrogen-bond acceptors (Lipinski definition) is 7. The topological polar surface area (TPSA) is 92.2 Å². The standard InChI is InChI=1S/C29H35N7O2/c1-2-21-10-11-26-23(17-21)18-25(29(37)30-26)27(28-31-32-33-36(28)20-24-9-6-16-38-24)35-14-12-34(13-15-35)19-22-7-4-3-5-8-22/h3-5,7-8,10-11,17-18,24,27H,2,6,9,12-16,19-20H2,1H3,(H,30,37)/t24-,27+/m1/s1. The number of pyridine rings is 1. The maximum atomic E-state index is 13.5. The zero-order chi connectivity index (χ0) is 25.9. The van der Waals surface area contributed by atoms with Crippen molar-refractivity contribution in [3.8, 4) is 0 Å². The largest absolute Gasteiger partial charge is 0.376 e. The number of nitrogens with one attached hydrogen (secondary N) is 1. The summed E-state index contributed by atoms with van der Waals surface area (Å²) in [5.74, 6) is 0.702. The molecule has 1 N–H and O–H groups in total. The quantitative estimate of drug-likeness (QED) is 0.387. The summed E-state index contributed by atoms with van der Waals surface area (Å²) in [7, 11) is 0. The zero-order valence-electron chi connectivity index (χ0n) is 21.9. The number of hydrogen-bond donors (Lipinski definition) is 1. The first kappa shape index (κ1) is 24.9. The smallest absolute Gasteiger partial charge is 0.253 e. The predicted molar refractivity (Wildman–Crippen MR) is 146 cm³/mol. The molecule has 9 nitrogen and oxygen atoms in total. The van der Waals surface area contributed by atoms with Crippen LogP contribution in [-0.4, -0.2) is 73.9 Å². The first-order chi connectivity index (χ1) is 18.7. The molecule has 0 unspecified atom stereocenters. The Kier molecular flexibility index (Phi) is 7.31. The molecular weight excluding hydrogens is 478 g/mol. The van der Waals surface area contributed by atoms with Crippen LogP contribution >= 0.6 is 0 Å². The number of ether oxygens (including phenoxy) is 1. The van der Waals surface area contributed by atoms with Gasteiger partial charge in [-0.15, -0.1) is 5.10 Å². The van der Waals surface area contributed by atoms with Gasteiger partial charge in [-0.3, -0.25) is 14.6 Å². The summed E-state index contributed by atoms with van der Waals surface area (Å²) < 4.78 is 7.74. The molecule has 0 spiro atoms. The van der Waals surface area contributed by atoms with Crippen LogP contribution in [-0.2, 0) is 24.2 Å². The van der Waals surface area contributed by atoms with Crippen molar-refractivity contribution in [2.24, 2.45) is 0 Å². The molecular formula is C29H35N7O2. The normalized spacial score (nSPS) is 19.8. The molecule has 0 bridgehead atoms. The van der Waals surface area contributed by atoms with E-state index in [1.807, 2.05) is 16.8 Å². The Morgan fingerprint density at radius 3 is 2.66 bits per heavy atom. The van der Waals surface area contributed by atoms with Gasteiger partial charge in [-0.25, -0.2) is 4.68 Å². The Morgan fingerprint density at radius 2 is 1.89 bits per heavy atom. The molecule has 0 radical (unpaired) electrons. The molecule has 0 amide bonds. The van der Waals surface area contributed by atoms with Crippen LogP contribution < -0.4 is 5.56 Å². The third-order valence-electron chi connectivity index (χ3n) is 7.87. The SMILES string of the molecule is CCc1ccc2[nH]c(=O)c([C@@H](c3nnnn3C[C@H]3CCCO3)N3CCN(Cc4ccccc4)CC3)cc2c1. The van der Waals surface area contributed by atoms with Gasteiger partial charge in [0.15, 0.2) is 5.82 Å². The highest BCUT2D eigenvalue weighted by molar-refractivity contribution is 5.80. The Balaban J connectivity index is 1.33. The second-order valence-electron chi connectivity index (χ2n) is 10.4. The number of aromatic nitrogens is 5. The van der Waals surface area contributed by atoms with Gasteiger partial charge in [0.25, 0.3) is 5.56 Å². The number of nitrogens with zero attached hydrogens (tertiary/aromatic N) is 6. The molecule has 6 rings (SSSR count). The van der Waals surface area contributed by atoms with Crippen LogP contribution in [0.5, 0.6) is 0 Å². The summed E-state index contributed by atoms with van der Waals surface area (Å²) in [4.78, 5) is 21.5. The molecule has 198 valence electrons. The number of rotatable bonds is 8. The minimum absolute atomic E-state index is 0.0925. The highest BCUT2D eigenvalue weighted by Gasteiger charge is 2.33. The van der Waals surface area contributed by atoms with Crippen molar-refractivity contribution in [2.45, 2.75) is 51.4 Å². The Morgan fingerprint density at radius 1 is 1.05 bits per heavy atom. The van der Waals surface area contributed by atoms with E-state index in [4.69, 9.17) is 4.74 Å². The summed E-state index contributed by atoms with van der Waals surface area (Å²) in [6.07, 6.45) is 3.09. The van der Waals surface area contributed by atoms with Crippen molar-refractivity contribution >= 4 is 10.9 Å². The van der Waals surface area contributed by atoms with Crippen molar-refractivity contribution in [2.75, 3.05) is 32.8 Å². The first-order valence-corrected chi connectivity index (χ1v) is 13.7. The van der Waals surface area contributed by atoms with Crippen LogP contribution in [0.15, 0.2) is 59.4 Å². The maximum absolute atomic E-state index is 13.5. The highest BCUT2D eigenvalue weighted by Crippen LogP contribution is 2.29. The van der Waals surface area contributed by atoms with Crippen molar-refractivity contribution in [3.05, 3.63) is 87.5 Å². The average Bonchev–Trinajstić information content (AvgIpc) is 3.63. The van der Waals surface area contributed by atoms with Gasteiger partial charge in [-0.1, -0.05) is 43.3 Å². The number of aryl methyl sites for hydroxylation is 1. The van der Waals surface area contributed by atoms with Crippen LogP contribution in [0.1, 0.15) is 48.3 Å². The summed E-state index contributed by atoms with van der Waals surface area (Å²) >= 11 is 0. The maximum Gasteiger partial charge on any atom is 0.253 e. The molecule has 0 saturated carbocycles. The lowest BCUT2D eigenvalue weighted by molar-refractivity contribution is 0.0840. The Bertz CT molecular complexity index is 1420. The fourth-order valence-electron chi connectivity index (χ4n) is 5.74. The van der Waals surface area contributed by atoms with Gasteiger partial charge in [-0.05, 0) is 64.4 Å². The van der Waals surface area contributed by atoms with E-state index in [1.54, 1.807) is 0 Å². The molecule has 2 aliphatic rings. The molecule has 9 heteroatoms. The molecule has 2 atom stereocenters. The summed E-state index contributed by atoms with van der Waals surface area (Å²) in [6.45, 7) is 7.89. The minimum Gasteiger partial charge on any atom is -0.376 e. The number of H-pyrrole nitrogens is 1. The number of aromatic amines is 1. The van der Waals surface area contributed by atoms with Gasteiger partial charge < -0.3 is 9.72 Å².